The van der Waals surface area contributed by atoms with E-state index in [2.05, 4.69) is 36.6 Å². The maximum atomic E-state index is 14.3. The van der Waals surface area contributed by atoms with Gasteiger partial charge in [-0.05, 0) is 82.1 Å². The molecule has 5 atom stereocenters. The van der Waals surface area contributed by atoms with Crippen LogP contribution < -0.4 is 21.1 Å². The standard InChI is InChI=1S/C33H47BrN6O7/c1-5-46-30(44)33-18-21(33)13-9-7-6-8-10-14-23(36-31(45)47-32(2,3)4)28(42)39-20-22(17-24(39)27(41)37-33)40-29(43)26(34)25(19-35-40)38-15-11-12-16-38/h9,13,19,21-24H,5-8,10-12,14-18,20H2,1-4H3,(H,36,45)(H,37,41)/t21-,22-,23+,24+,33-/m1/s1. The molecule has 0 bridgehead atoms. The van der Waals surface area contributed by atoms with Crippen molar-refractivity contribution in [2.75, 3.05) is 31.1 Å². The Morgan fingerprint density at radius 2 is 1.87 bits per heavy atom. The number of rotatable bonds is 5. The molecule has 47 heavy (non-hydrogen) atoms. The Hall–Kier alpha value is -3.42. The summed E-state index contributed by atoms with van der Waals surface area (Å²) in [6.07, 6.45) is 11.0. The van der Waals surface area contributed by atoms with Crippen molar-refractivity contribution in [1.82, 2.24) is 25.3 Å². The topological polar surface area (TPSA) is 152 Å². The van der Waals surface area contributed by atoms with Crippen molar-refractivity contribution in [3.63, 3.8) is 0 Å². The van der Waals surface area contributed by atoms with Gasteiger partial charge in [0, 0.05) is 32.0 Å². The maximum Gasteiger partial charge on any atom is 0.408 e. The molecular formula is C33H47BrN6O7. The van der Waals surface area contributed by atoms with Gasteiger partial charge in [0.15, 0.2) is 0 Å². The Morgan fingerprint density at radius 1 is 1.13 bits per heavy atom. The summed E-state index contributed by atoms with van der Waals surface area (Å²) >= 11 is 3.49. The normalized spacial score (nSPS) is 28.4. The summed E-state index contributed by atoms with van der Waals surface area (Å²) in [4.78, 5) is 71.7. The molecule has 13 nitrogen and oxygen atoms in total. The van der Waals surface area contributed by atoms with Crippen LogP contribution in [0.2, 0.25) is 0 Å². The molecule has 0 spiro atoms. The summed E-state index contributed by atoms with van der Waals surface area (Å²) in [6.45, 7) is 8.79. The largest absolute Gasteiger partial charge is 0.464 e. The number of fused-ring (bicyclic) bond motifs is 2. The lowest BCUT2D eigenvalue weighted by Gasteiger charge is -2.30. The van der Waals surface area contributed by atoms with Crippen LogP contribution in [-0.4, -0.2) is 88.0 Å². The molecular weight excluding hydrogens is 672 g/mol. The number of nitrogens with zero attached hydrogens (tertiary/aromatic N) is 4. The van der Waals surface area contributed by atoms with E-state index < -0.39 is 53.1 Å². The van der Waals surface area contributed by atoms with Crippen LogP contribution >= 0.6 is 15.9 Å². The van der Waals surface area contributed by atoms with Gasteiger partial charge in [-0.15, -0.1) is 0 Å². The second-order valence-electron chi connectivity index (χ2n) is 13.9. The third-order valence-electron chi connectivity index (χ3n) is 9.30. The number of aromatic nitrogens is 2. The Labute approximate surface area is 283 Å². The number of alkyl carbamates (subject to hydrolysis) is 1. The highest BCUT2D eigenvalue weighted by Gasteiger charge is 2.62. The number of nitrogens with one attached hydrogen (secondary N) is 2. The van der Waals surface area contributed by atoms with Gasteiger partial charge >= 0.3 is 12.1 Å². The summed E-state index contributed by atoms with van der Waals surface area (Å²) in [5.41, 5.74) is -1.63. The van der Waals surface area contributed by atoms with Crippen LogP contribution in [0.1, 0.15) is 91.5 Å². The highest BCUT2D eigenvalue weighted by atomic mass is 79.9. The van der Waals surface area contributed by atoms with E-state index >= 15 is 0 Å². The summed E-state index contributed by atoms with van der Waals surface area (Å²) in [5, 5.41) is 10.2. The van der Waals surface area contributed by atoms with Crippen molar-refractivity contribution >= 4 is 45.5 Å². The minimum absolute atomic E-state index is 0.0154. The van der Waals surface area contributed by atoms with Crippen molar-refractivity contribution in [2.24, 2.45) is 5.92 Å². The molecule has 1 aliphatic carbocycles. The number of carbonyl (C=O) groups excluding carboxylic acids is 4. The molecule has 2 N–H and O–H groups in total. The molecule has 3 aliphatic heterocycles. The first-order valence-corrected chi connectivity index (χ1v) is 17.6. The highest BCUT2D eigenvalue weighted by molar-refractivity contribution is 9.10. The fraction of sp³-hybridized carbons (Fsp3) is 0.697. The van der Waals surface area contributed by atoms with E-state index in [1.165, 1.54) is 9.58 Å². The van der Waals surface area contributed by atoms with Crippen molar-refractivity contribution in [3.8, 4) is 0 Å². The van der Waals surface area contributed by atoms with E-state index in [0.717, 1.165) is 50.9 Å². The molecule has 3 amide bonds. The van der Waals surface area contributed by atoms with Gasteiger partial charge in [0.1, 0.15) is 27.7 Å². The van der Waals surface area contributed by atoms with Gasteiger partial charge in [-0.1, -0.05) is 25.0 Å². The summed E-state index contributed by atoms with van der Waals surface area (Å²) in [7, 11) is 0. The van der Waals surface area contributed by atoms with Gasteiger partial charge in [0.25, 0.3) is 5.56 Å². The minimum atomic E-state index is -1.22. The predicted molar refractivity (Wildman–Crippen MR) is 178 cm³/mol. The number of ether oxygens (including phenoxy) is 2. The van der Waals surface area contributed by atoms with Gasteiger partial charge in [-0.3, -0.25) is 14.4 Å². The van der Waals surface area contributed by atoms with Crippen molar-refractivity contribution in [1.29, 1.82) is 0 Å². The van der Waals surface area contributed by atoms with E-state index in [9.17, 15) is 24.0 Å². The molecule has 0 radical (unpaired) electrons. The number of allylic oxidation sites excluding steroid dienone is 1. The van der Waals surface area contributed by atoms with Crippen LogP contribution in [0.5, 0.6) is 0 Å². The van der Waals surface area contributed by atoms with Crippen LogP contribution in [0.25, 0.3) is 0 Å². The van der Waals surface area contributed by atoms with Gasteiger partial charge in [-0.25, -0.2) is 14.3 Å². The Kier molecular flexibility index (Phi) is 10.7. The van der Waals surface area contributed by atoms with Crippen LogP contribution in [0.4, 0.5) is 10.5 Å². The zero-order valence-corrected chi connectivity index (χ0v) is 29.3. The predicted octanol–water partition coefficient (Wildman–Crippen LogP) is 3.60. The molecule has 1 saturated carbocycles. The van der Waals surface area contributed by atoms with E-state index in [1.54, 1.807) is 33.9 Å². The Bertz CT molecular complexity index is 1450. The van der Waals surface area contributed by atoms with E-state index in [-0.39, 0.29) is 31.0 Å². The van der Waals surface area contributed by atoms with Gasteiger partial charge in [-0.2, -0.15) is 5.10 Å². The molecule has 0 unspecified atom stereocenters. The highest BCUT2D eigenvalue weighted by Crippen LogP contribution is 2.46. The Morgan fingerprint density at radius 3 is 2.57 bits per heavy atom. The number of hydrogen-bond donors (Lipinski definition) is 2. The number of hydrogen-bond acceptors (Lipinski definition) is 9. The molecule has 0 aromatic carbocycles. The fourth-order valence-corrected chi connectivity index (χ4v) is 7.36. The van der Waals surface area contributed by atoms with Crippen LogP contribution in [0, 0.1) is 5.92 Å². The van der Waals surface area contributed by atoms with Crippen molar-refractivity contribution in [3.05, 3.63) is 33.2 Å². The molecule has 5 rings (SSSR count). The van der Waals surface area contributed by atoms with Crippen LogP contribution in [0.3, 0.4) is 0 Å². The van der Waals surface area contributed by atoms with Crippen LogP contribution in [-0.2, 0) is 23.9 Å². The Balaban J connectivity index is 1.48. The quantitative estimate of drug-likeness (QED) is 0.344. The zero-order valence-electron chi connectivity index (χ0n) is 27.8. The van der Waals surface area contributed by atoms with Gasteiger partial charge in [0.05, 0.1) is 24.5 Å². The van der Waals surface area contributed by atoms with E-state index in [1.807, 2.05) is 12.2 Å². The molecule has 2 saturated heterocycles. The molecule has 1 aromatic rings. The molecule has 3 fully saturated rings. The second-order valence-corrected chi connectivity index (χ2v) is 14.7. The number of carbonyl (C=O) groups is 4. The molecule has 1 aromatic heterocycles. The number of anilines is 1. The lowest BCUT2D eigenvalue weighted by atomic mass is 10.0. The molecule has 4 heterocycles. The molecule has 4 aliphatic rings. The van der Waals surface area contributed by atoms with Crippen LogP contribution in [0.15, 0.2) is 27.6 Å². The summed E-state index contributed by atoms with van der Waals surface area (Å²) in [6, 6.07) is -2.61. The number of amides is 3. The number of esters is 1. The molecule has 258 valence electrons. The number of halogens is 1. The average molecular weight is 720 g/mol. The van der Waals surface area contributed by atoms with Crippen molar-refractivity contribution < 1.29 is 28.7 Å². The third kappa shape index (κ3) is 7.84. The zero-order chi connectivity index (χ0) is 33.9. The first kappa shape index (κ1) is 34.9. The first-order chi connectivity index (χ1) is 22.3. The monoisotopic (exact) mass is 718 g/mol. The first-order valence-electron chi connectivity index (χ1n) is 16.8. The fourth-order valence-electron chi connectivity index (χ4n) is 6.83. The average Bonchev–Trinajstić information content (AvgIpc) is 3.33. The smallest absolute Gasteiger partial charge is 0.408 e. The van der Waals surface area contributed by atoms with Crippen molar-refractivity contribution in [2.45, 2.75) is 115 Å². The van der Waals surface area contributed by atoms with Gasteiger partial charge < -0.3 is 29.9 Å². The maximum absolute atomic E-state index is 14.3. The summed E-state index contributed by atoms with van der Waals surface area (Å²) < 4.78 is 12.6. The molecule has 14 heteroatoms. The lowest BCUT2D eigenvalue weighted by Crippen LogP contribution is -2.56. The summed E-state index contributed by atoms with van der Waals surface area (Å²) in [5.74, 6) is -1.71. The van der Waals surface area contributed by atoms with Gasteiger partial charge in [0.2, 0.25) is 11.8 Å². The van der Waals surface area contributed by atoms with E-state index in [4.69, 9.17) is 9.47 Å². The van der Waals surface area contributed by atoms with E-state index in [0.29, 0.717) is 23.7 Å². The lowest BCUT2D eigenvalue weighted by molar-refractivity contribution is -0.150. The minimum Gasteiger partial charge on any atom is -0.464 e. The third-order valence-corrected chi connectivity index (χ3v) is 10.0. The SMILES string of the molecule is CCOC(=O)[C@@]12C[C@H]1C=CCCCCC[C@H](NC(=O)OC(C)(C)C)C(=O)N1C[C@H](n3ncc(N4CCCC4)c(Br)c3=O)C[C@H]1C(=O)N2. The second kappa shape index (κ2) is 14.4.